The van der Waals surface area contributed by atoms with Crippen molar-refractivity contribution in [2.24, 2.45) is 0 Å². The van der Waals surface area contributed by atoms with E-state index in [9.17, 15) is 0 Å². The van der Waals surface area contributed by atoms with Gasteiger partial charge in [0.05, 0.1) is 0 Å². The Hall–Kier alpha value is -1.68. The van der Waals surface area contributed by atoms with Crippen molar-refractivity contribution in [2.75, 3.05) is 6.54 Å². The van der Waals surface area contributed by atoms with Crippen LogP contribution in [0.15, 0.2) is 30.7 Å². The van der Waals surface area contributed by atoms with Crippen LogP contribution in [0.2, 0.25) is 0 Å². The highest BCUT2D eigenvalue weighted by Gasteiger charge is 2.09. The first-order chi connectivity index (χ1) is 8.86. The van der Waals surface area contributed by atoms with E-state index in [0.29, 0.717) is 0 Å². The summed E-state index contributed by atoms with van der Waals surface area (Å²) in [5, 5.41) is 3.34. The van der Waals surface area contributed by atoms with E-state index in [4.69, 9.17) is 0 Å². The Kier molecular flexibility index (Phi) is 4.47. The summed E-state index contributed by atoms with van der Waals surface area (Å²) in [7, 11) is 0. The second-order valence-corrected chi connectivity index (χ2v) is 4.23. The van der Waals surface area contributed by atoms with Crippen molar-refractivity contribution in [3.05, 3.63) is 42.1 Å². The van der Waals surface area contributed by atoms with E-state index in [1.54, 1.807) is 0 Å². The van der Waals surface area contributed by atoms with Crippen LogP contribution in [-0.4, -0.2) is 21.1 Å². The highest BCUT2D eigenvalue weighted by Crippen LogP contribution is 2.14. The Bertz CT molecular complexity index is 490. The smallest absolute Gasteiger partial charge is 0.142 e. The molecule has 0 bridgehead atoms. The van der Waals surface area contributed by atoms with Crippen molar-refractivity contribution in [2.45, 2.75) is 33.2 Å². The Labute approximate surface area is 108 Å². The molecule has 0 spiro atoms. The van der Waals surface area contributed by atoms with Crippen LogP contribution in [0.25, 0.3) is 5.82 Å². The van der Waals surface area contributed by atoms with E-state index < -0.39 is 0 Å². The minimum absolute atomic E-state index is 0.837. The number of imidazole rings is 1. The van der Waals surface area contributed by atoms with Gasteiger partial charge in [-0.25, -0.2) is 9.97 Å². The molecule has 0 unspecified atom stereocenters. The maximum absolute atomic E-state index is 4.50. The van der Waals surface area contributed by atoms with E-state index in [1.165, 1.54) is 5.56 Å². The lowest BCUT2D eigenvalue weighted by molar-refractivity contribution is 0.712. The SMILES string of the molecule is CCCc1nccn1-c1ncccc1CNCC. The summed E-state index contributed by atoms with van der Waals surface area (Å²) < 4.78 is 2.09. The minimum Gasteiger partial charge on any atom is -0.313 e. The molecule has 18 heavy (non-hydrogen) atoms. The zero-order chi connectivity index (χ0) is 12.8. The highest BCUT2D eigenvalue weighted by molar-refractivity contribution is 5.34. The predicted molar refractivity (Wildman–Crippen MR) is 72.7 cm³/mol. The lowest BCUT2D eigenvalue weighted by atomic mass is 10.2. The Morgan fingerprint density at radius 3 is 2.89 bits per heavy atom. The summed E-state index contributed by atoms with van der Waals surface area (Å²) in [4.78, 5) is 8.91. The number of nitrogens with zero attached hydrogens (tertiary/aromatic N) is 3. The number of aryl methyl sites for hydroxylation is 1. The van der Waals surface area contributed by atoms with Gasteiger partial charge in [0.25, 0.3) is 0 Å². The van der Waals surface area contributed by atoms with E-state index in [0.717, 1.165) is 37.6 Å². The lowest BCUT2D eigenvalue weighted by Crippen LogP contribution is -2.15. The van der Waals surface area contributed by atoms with Crippen molar-refractivity contribution < 1.29 is 0 Å². The van der Waals surface area contributed by atoms with Crippen molar-refractivity contribution in [1.29, 1.82) is 0 Å². The molecule has 2 rings (SSSR count). The van der Waals surface area contributed by atoms with Gasteiger partial charge in [-0.1, -0.05) is 19.9 Å². The molecule has 1 N–H and O–H groups in total. The molecule has 0 atom stereocenters. The third-order valence-electron chi connectivity index (χ3n) is 2.85. The molecule has 96 valence electrons. The topological polar surface area (TPSA) is 42.7 Å². The Morgan fingerprint density at radius 1 is 1.22 bits per heavy atom. The summed E-state index contributed by atoms with van der Waals surface area (Å²) >= 11 is 0. The van der Waals surface area contributed by atoms with Gasteiger partial charge in [-0.15, -0.1) is 0 Å². The molecule has 0 amide bonds. The fraction of sp³-hybridized carbons (Fsp3) is 0.429. The predicted octanol–water partition coefficient (Wildman–Crippen LogP) is 2.33. The third kappa shape index (κ3) is 2.76. The van der Waals surface area contributed by atoms with Gasteiger partial charge in [0.1, 0.15) is 11.6 Å². The molecule has 0 radical (unpaired) electrons. The number of hydrogen-bond donors (Lipinski definition) is 1. The van der Waals surface area contributed by atoms with E-state index in [2.05, 4.69) is 39.8 Å². The van der Waals surface area contributed by atoms with Crippen molar-refractivity contribution >= 4 is 0 Å². The summed E-state index contributed by atoms with van der Waals surface area (Å²) in [6, 6.07) is 4.09. The normalized spacial score (nSPS) is 10.8. The average molecular weight is 244 g/mol. The monoisotopic (exact) mass is 244 g/mol. The zero-order valence-corrected chi connectivity index (χ0v) is 11.1. The molecule has 0 fully saturated rings. The Balaban J connectivity index is 2.33. The van der Waals surface area contributed by atoms with E-state index in [-0.39, 0.29) is 0 Å². The highest BCUT2D eigenvalue weighted by atomic mass is 15.1. The number of rotatable bonds is 6. The molecule has 4 nitrogen and oxygen atoms in total. The Morgan fingerprint density at radius 2 is 2.11 bits per heavy atom. The van der Waals surface area contributed by atoms with Crippen LogP contribution in [0.3, 0.4) is 0 Å². The fourth-order valence-corrected chi connectivity index (χ4v) is 1.98. The number of aromatic nitrogens is 3. The van der Waals surface area contributed by atoms with Gasteiger partial charge in [-0.2, -0.15) is 0 Å². The standard InChI is InChI=1S/C14H20N4/c1-3-6-13-16-9-10-18(13)14-12(11-15-4-2)7-5-8-17-14/h5,7-10,15H,3-4,6,11H2,1-2H3. The summed E-state index contributed by atoms with van der Waals surface area (Å²) in [6.07, 6.45) is 7.73. The summed E-state index contributed by atoms with van der Waals surface area (Å²) in [6.45, 7) is 6.07. The zero-order valence-electron chi connectivity index (χ0n) is 11.1. The molecular formula is C14H20N4. The van der Waals surface area contributed by atoms with Crippen LogP contribution < -0.4 is 5.32 Å². The van der Waals surface area contributed by atoms with Gasteiger partial charge in [0, 0.05) is 37.1 Å². The van der Waals surface area contributed by atoms with Crippen molar-refractivity contribution in [3.8, 4) is 5.82 Å². The second kappa shape index (κ2) is 6.31. The van der Waals surface area contributed by atoms with Crippen molar-refractivity contribution in [3.63, 3.8) is 0 Å². The molecule has 2 heterocycles. The molecule has 4 heteroatoms. The van der Waals surface area contributed by atoms with Gasteiger partial charge in [-0.3, -0.25) is 4.57 Å². The largest absolute Gasteiger partial charge is 0.313 e. The molecule has 0 aliphatic rings. The first kappa shape index (κ1) is 12.8. The van der Waals surface area contributed by atoms with E-state index in [1.807, 2.05) is 24.7 Å². The van der Waals surface area contributed by atoms with Crippen LogP contribution >= 0.6 is 0 Å². The van der Waals surface area contributed by atoms with E-state index >= 15 is 0 Å². The second-order valence-electron chi connectivity index (χ2n) is 4.23. The minimum atomic E-state index is 0.837. The van der Waals surface area contributed by atoms with Gasteiger partial charge in [-0.05, 0) is 19.0 Å². The van der Waals surface area contributed by atoms with Crippen LogP contribution in [-0.2, 0) is 13.0 Å². The fourth-order valence-electron chi connectivity index (χ4n) is 1.98. The average Bonchev–Trinajstić information content (AvgIpc) is 2.85. The number of pyridine rings is 1. The van der Waals surface area contributed by atoms with Gasteiger partial charge in [0.15, 0.2) is 0 Å². The summed E-state index contributed by atoms with van der Waals surface area (Å²) in [5.41, 5.74) is 1.20. The lowest BCUT2D eigenvalue weighted by Gasteiger charge is -2.11. The molecular weight excluding hydrogens is 224 g/mol. The molecule has 0 saturated heterocycles. The molecule has 0 aromatic carbocycles. The van der Waals surface area contributed by atoms with Gasteiger partial charge >= 0.3 is 0 Å². The number of nitrogens with one attached hydrogen (secondary N) is 1. The molecule has 0 aliphatic carbocycles. The number of hydrogen-bond acceptors (Lipinski definition) is 3. The van der Waals surface area contributed by atoms with Crippen LogP contribution in [0.1, 0.15) is 31.7 Å². The van der Waals surface area contributed by atoms with Crippen LogP contribution in [0.4, 0.5) is 0 Å². The first-order valence-corrected chi connectivity index (χ1v) is 6.54. The quantitative estimate of drug-likeness (QED) is 0.848. The summed E-state index contributed by atoms with van der Waals surface area (Å²) in [5.74, 6) is 2.06. The maximum Gasteiger partial charge on any atom is 0.142 e. The van der Waals surface area contributed by atoms with Gasteiger partial charge in [0.2, 0.25) is 0 Å². The van der Waals surface area contributed by atoms with Crippen molar-refractivity contribution in [1.82, 2.24) is 19.9 Å². The first-order valence-electron chi connectivity index (χ1n) is 6.54. The van der Waals surface area contributed by atoms with Gasteiger partial charge < -0.3 is 5.32 Å². The maximum atomic E-state index is 4.50. The molecule has 2 aromatic rings. The molecule has 0 saturated carbocycles. The molecule has 2 aromatic heterocycles. The van der Waals surface area contributed by atoms with Crippen LogP contribution in [0.5, 0.6) is 0 Å². The van der Waals surface area contributed by atoms with Crippen LogP contribution in [0, 0.1) is 0 Å². The molecule has 0 aliphatic heterocycles. The third-order valence-corrected chi connectivity index (χ3v) is 2.85.